The Kier molecular flexibility index (Phi) is 5.27. The van der Waals surface area contributed by atoms with Gasteiger partial charge < -0.3 is 4.98 Å². The van der Waals surface area contributed by atoms with E-state index in [1.807, 2.05) is 24.4 Å². The number of hydrogen-bond donors (Lipinski definition) is 1. The number of aromatic nitrogens is 3. The molecule has 5 nitrogen and oxygen atoms in total. The van der Waals surface area contributed by atoms with Gasteiger partial charge in [-0.3, -0.25) is 14.8 Å². The predicted molar refractivity (Wildman–Crippen MR) is 105 cm³/mol. The monoisotopic (exact) mass is 349 g/mol. The fourth-order valence-corrected chi connectivity index (χ4v) is 4.01. The topological polar surface area (TPSA) is 48.1 Å². The molecule has 1 atom stereocenters. The third kappa shape index (κ3) is 3.94. The SMILES string of the molecule is CCN1CCC[C@H]1CN(Cc1ccccn1)Cc1nc2ccccc2[nH]1. The molecule has 1 fully saturated rings. The highest BCUT2D eigenvalue weighted by Gasteiger charge is 2.25. The van der Waals surface area contributed by atoms with Crippen LogP contribution in [0.25, 0.3) is 11.0 Å². The maximum atomic E-state index is 4.78. The molecular weight excluding hydrogens is 322 g/mol. The number of rotatable bonds is 7. The predicted octanol–water partition coefficient (Wildman–Crippen LogP) is 3.44. The number of hydrogen-bond acceptors (Lipinski definition) is 4. The number of nitrogens with one attached hydrogen (secondary N) is 1. The molecule has 1 saturated heterocycles. The Bertz CT molecular complexity index is 796. The maximum absolute atomic E-state index is 4.78. The summed E-state index contributed by atoms with van der Waals surface area (Å²) in [5.74, 6) is 1.03. The number of aromatic amines is 1. The molecule has 26 heavy (non-hydrogen) atoms. The highest BCUT2D eigenvalue weighted by atomic mass is 15.2. The van der Waals surface area contributed by atoms with Gasteiger partial charge in [0, 0.05) is 25.3 Å². The number of likely N-dealkylation sites (N-methyl/N-ethyl adjacent to an activating group) is 1. The van der Waals surface area contributed by atoms with Crippen LogP contribution in [0.15, 0.2) is 48.7 Å². The average Bonchev–Trinajstić information content (AvgIpc) is 3.28. The highest BCUT2D eigenvalue weighted by Crippen LogP contribution is 2.20. The van der Waals surface area contributed by atoms with Crippen LogP contribution in [0.4, 0.5) is 0 Å². The fraction of sp³-hybridized carbons (Fsp3) is 0.429. The standard InChI is InChI=1S/C21H27N5/c1-2-26-13-7-9-18(26)15-25(14-17-8-5-6-12-22-17)16-21-23-19-10-3-4-11-20(19)24-21/h3-6,8,10-12,18H,2,7,9,13-16H2,1H3,(H,23,24)/t18-/m0/s1. The van der Waals surface area contributed by atoms with Gasteiger partial charge in [-0.25, -0.2) is 4.98 Å². The zero-order valence-electron chi connectivity index (χ0n) is 15.4. The van der Waals surface area contributed by atoms with Crippen molar-refractivity contribution in [2.75, 3.05) is 19.6 Å². The smallest absolute Gasteiger partial charge is 0.121 e. The second kappa shape index (κ2) is 7.98. The van der Waals surface area contributed by atoms with Gasteiger partial charge in [0.25, 0.3) is 0 Å². The van der Waals surface area contributed by atoms with Crippen molar-refractivity contribution in [1.29, 1.82) is 0 Å². The molecule has 0 unspecified atom stereocenters. The van der Waals surface area contributed by atoms with Gasteiger partial charge in [0.15, 0.2) is 0 Å². The van der Waals surface area contributed by atoms with Gasteiger partial charge in [-0.2, -0.15) is 0 Å². The summed E-state index contributed by atoms with van der Waals surface area (Å²) in [6.07, 6.45) is 4.47. The Balaban J connectivity index is 1.53. The van der Waals surface area contributed by atoms with Gasteiger partial charge in [0.1, 0.15) is 5.82 Å². The zero-order valence-corrected chi connectivity index (χ0v) is 15.4. The minimum absolute atomic E-state index is 0.632. The zero-order chi connectivity index (χ0) is 17.8. The normalized spacial score (nSPS) is 18.2. The molecule has 0 bridgehead atoms. The van der Waals surface area contributed by atoms with Gasteiger partial charge in [-0.1, -0.05) is 25.1 Å². The van der Waals surface area contributed by atoms with Crippen LogP contribution in [0.3, 0.4) is 0 Å². The molecule has 136 valence electrons. The number of fused-ring (bicyclic) bond motifs is 1. The molecule has 1 N–H and O–H groups in total. The third-order valence-corrected chi connectivity index (χ3v) is 5.30. The molecule has 4 rings (SSSR count). The Morgan fingerprint density at radius 2 is 2.04 bits per heavy atom. The summed E-state index contributed by atoms with van der Waals surface area (Å²) in [7, 11) is 0. The number of nitrogens with zero attached hydrogens (tertiary/aromatic N) is 4. The second-order valence-electron chi connectivity index (χ2n) is 7.12. The van der Waals surface area contributed by atoms with E-state index in [4.69, 9.17) is 4.98 Å². The first kappa shape index (κ1) is 17.2. The molecule has 1 aliphatic heterocycles. The lowest BCUT2D eigenvalue weighted by Gasteiger charge is -2.29. The minimum Gasteiger partial charge on any atom is -0.341 e. The minimum atomic E-state index is 0.632. The van der Waals surface area contributed by atoms with E-state index in [1.165, 1.54) is 19.4 Å². The van der Waals surface area contributed by atoms with E-state index >= 15 is 0 Å². The van der Waals surface area contributed by atoms with E-state index in [0.717, 1.165) is 48.7 Å². The van der Waals surface area contributed by atoms with E-state index in [2.05, 4.69) is 51.0 Å². The van der Waals surface area contributed by atoms with Gasteiger partial charge >= 0.3 is 0 Å². The van der Waals surface area contributed by atoms with Crippen LogP contribution in [0.5, 0.6) is 0 Å². The second-order valence-corrected chi connectivity index (χ2v) is 7.12. The average molecular weight is 349 g/mol. The third-order valence-electron chi connectivity index (χ3n) is 5.30. The summed E-state index contributed by atoms with van der Waals surface area (Å²) in [5.41, 5.74) is 3.26. The quantitative estimate of drug-likeness (QED) is 0.710. The van der Waals surface area contributed by atoms with E-state index in [1.54, 1.807) is 0 Å². The van der Waals surface area contributed by atoms with Crippen LogP contribution in [0.2, 0.25) is 0 Å². The Morgan fingerprint density at radius 1 is 1.15 bits per heavy atom. The Labute approximate surface area is 155 Å². The number of H-pyrrole nitrogens is 1. The maximum Gasteiger partial charge on any atom is 0.121 e. The number of likely N-dealkylation sites (tertiary alicyclic amines) is 1. The molecule has 2 aromatic heterocycles. The van der Waals surface area contributed by atoms with Crippen molar-refractivity contribution in [2.45, 2.75) is 38.9 Å². The van der Waals surface area contributed by atoms with Gasteiger partial charge in [0.05, 0.1) is 23.3 Å². The van der Waals surface area contributed by atoms with Gasteiger partial charge in [0.2, 0.25) is 0 Å². The summed E-state index contributed by atoms with van der Waals surface area (Å²) >= 11 is 0. The van der Waals surface area contributed by atoms with Crippen molar-refractivity contribution in [3.8, 4) is 0 Å². The number of pyridine rings is 1. The van der Waals surface area contributed by atoms with E-state index < -0.39 is 0 Å². The fourth-order valence-electron chi connectivity index (χ4n) is 4.01. The largest absolute Gasteiger partial charge is 0.341 e. The molecule has 0 amide bonds. The lowest BCUT2D eigenvalue weighted by Crippen LogP contribution is -2.40. The summed E-state index contributed by atoms with van der Waals surface area (Å²) < 4.78 is 0. The molecule has 1 aromatic carbocycles. The van der Waals surface area contributed by atoms with Crippen LogP contribution >= 0.6 is 0 Å². The summed E-state index contributed by atoms with van der Waals surface area (Å²) in [6.45, 7) is 7.35. The number of para-hydroxylation sites is 2. The van der Waals surface area contributed by atoms with Crippen LogP contribution in [0, 0.1) is 0 Å². The van der Waals surface area contributed by atoms with Crippen LogP contribution in [-0.2, 0) is 13.1 Å². The van der Waals surface area contributed by atoms with E-state index in [0.29, 0.717) is 6.04 Å². The van der Waals surface area contributed by atoms with Crippen LogP contribution in [0.1, 0.15) is 31.3 Å². The first-order valence-electron chi connectivity index (χ1n) is 9.62. The highest BCUT2D eigenvalue weighted by molar-refractivity contribution is 5.74. The summed E-state index contributed by atoms with van der Waals surface area (Å²) in [5, 5.41) is 0. The molecule has 1 aliphatic rings. The summed E-state index contributed by atoms with van der Waals surface area (Å²) in [4.78, 5) is 17.9. The molecule has 0 aliphatic carbocycles. The van der Waals surface area contributed by atoms with Crippen molar-refractivity contribution < 1.29 is 0 Å². The van der Waals surface area contributed by atoms with Crippen LogP contribution in [-0.4, -0.2) is 50.4 Å². The Morgan fingerprint density at radius 3 is 2.85 bits per heavy atom. The Hall–Kier alpha value is -2.24. The van der Waals surface area contributed by atoms with Crippen molar-refractivity contribution in [2.24, 2.45) is 0 Å². The van der Waals surface area contributed by atoms with E-state index in [-0.39, 0.29) is 0 Å². The number of imidazole rings is 1. The van der Waals surface area contributed by atoms with Gasteiger partial charge in [-0.15, -0.1) is 0 Å². The van der Waals surface area contributed by atoms with Crippen molar-refractivity contribution in [1.82, 2.24) is 24.8 Å². The van der Waals surface area contributed by atoms with Crippen molar-refractivity contribution in [3.63, 3.8) is 0 Å². The number of benzene rings is 1. The van der Waals surface area contributed by atoms with Crippen LogP contribution < -0.4 is 0 Å². The molecule has 3 heterocycles. The molecule has 0 radical (unpaired) electrons. The molecule has 0 saturated carbocycles. The molecular formula is C21H27N5. The molecule has 5 heteroatoms. The van der Waals surface area contributed by atoms with Crippen molar-refractivity contribution >= 4 is 11.0 Å². The van der Waals surface area contributed by atoms with Gasteiger partial charge in [-0.05, 0) is 50.2 Å². The lowest BCUT2D eigenvalue weighted by molar-refractivity contribution is 0.162. The van der Waals surface area contributed by atoms with Crippen molar-refractivity contribution in [3.05, 3.63) is 60.2 Å². The lowest BCUT2D eigenvalue weighted by atomic mass is 10.2. The summed E-state index contributed by atoms with van der Waals surface area (Å²) in [6, 6.07) is 15.0. The first-order valence-corrected chi connectivity index (χ1v) is 9.62. The molecule has 3 aromatic rings. The first-order chi connectivity index (χ1) is 12.8. The van der Waals surface area contributed by atoms with E-state index in [9.17, 15) is 0 Å². The molecule has 0 spiro atoms.